The van der Waals surface area contributed by atoms with Gasteiger partial charge in [-0.15, -0.1) is 0 Å². The third-order valence-electron chi connectivity index (χ3n) is 4.14. The number of amides is 2. The minimum absolute atomic E-state index is 0.134. The number of benzene rings is 2. The smallest absolute Gasteiger partial charge is 0.248 e. The Balaban J connectivity index is 1.65. The molecule has 2 amide bonds. The molecule has 0 radical (unpaired) electrons. The molecule has 2 aromatic carbocycles. The Morgan fingerprint density at radius 3 is 2.58 bits per heavy atom. The van der Waals surface area contributed by atoms with Crippen LogP contribution in [0.15, 0.2) is 48.5 Å². The fraction of sp³-hybridized carbons (Fsp3) is 0.200. The average Bonchev–Trinajstić information content (AvgIpc) is 2.99. The van der Waals surface area contributed by atoms with Crippen molar-refractivity contribution in [3.63, 3.8) is 0 Å². The Morgan fingerprint density at radius 2 is 1.88 bits per heavy atom. The largest absolute Gasteiger partial charge is 0.338 e. The fourth-order valence-corrected chi connectivity index (χ4v) is 2.85. The zero-order valence-electron chi connectivity index (χ0n) is 14.0. The minimum atomic E-state index is -0.730. The van der Waals surface area contributed by atoms with Crippen LogP contribution in [0.5, 0.6) is 0 Å². The van der Waals surface area contributed by atoms with Crippen molar-refractivity contribution in [1.82, 2.24) is 4.90 Å². The van der Waals surface area contributed by atoms with Gasteiger partial charge in [0, 0.05) is 36.8 Å². The van der Waals surface area contributed by atoms with Gasteiger partial charge in [-0.05, 0) is 42.3 Å². The van der Waals surface area contributed by atoms with Crippen molar-refractivity contribution >= 4 is 23.6 Å². The molecule has 26 heavy (non-hydrogen) atoms. The second-order valence-electron chi connectivity index (χ2n) is 6.08. The van der Waals surface area contributed by atoms with Crippen molar-refractivity contribution in [2.75, 3.05) is 11.9 Å². The maximum absolute atomic E-state index is 13.6. The summed E-state index contributed by atoms with van der Waals surface area (Å²) in [7, 11) is 0. The van der Waals surface area contributed by atoms with Crippen molar-refractivity contribution < 1.29 is 18.4 Å². The molecule has 1 heterocycles. The Bertz CT molecular complexity index is 844. The molecule has 0 bridgehead atoms. The molecular weight excluding hydrogens is 338 g/mol. The second-order valence-corrected chi connectivity index (χ2v) is 6.08. The van der Waals surface area contributed by atoms with Crippen LogP contribution in [0, 0.1) is 11.6 Å². The van der Waals surface area contributed by atoms with Gasteiger partial charge < -0.3 is 10.2 Å². The van der Waals surface area contributed by atoms with Crippen LogP contribution >= 0.6 is 0 Å². The van der Waals surface area contributed by atoms with Gasteiger partial charge in [-0.1, -0.05) is 18.2 Å². The van der Waals surface area contributed by atoms with Crippen molar-refractivity contribution in [3.05, 3.63) is 71.3 Å². The van der Waals surface area contributed by atoms with Crippen LogP contribution in [-0.2, 0) is 16.1 Å². The number of anilines is 1. The summed E-state index contributed by atoms with van der Waals surface area (Å²) in [6.07, 6.45) is 3.63. The van der Waals surface area contributed by atoms with Gasteiger partial charge in [0.2, 0.25) is 11.8 Å². The normalized spacial score (nSPS) is 14.2. The van der Waals surface area contributed by atoms with E-state index in [1.807, 2.05) is 6.07 Å². The third-order valence-corrected chi connectivity index (χ3v) is 4.14. The summed E-state index contributed by atoms with van der Waals surface area (Å²) in [6.45, 7) is 1.24. The van der Waals surface area contributed by atoms with E-state index in [0.29, 0.717) is 18.7 Å². The van der Waals surface area contributed by atoms with Crippen molar-refractivity contribution in [3.8, 4) is 0 Å². The third kappa shape index (κ3) is 4.33. The van der Waals surface area contributed by atoms with Crippen LogP contribution in [-0.4, -0.2) is 23.3 Å². The highest BCUT2D eigenvalue weighted by Crippen LogP contribution is 2.18. The molecule has 2 aromatic rings. The van der Waals surface area contributed by atoms with E-state index in [4.69, 9.17) is 0 Å². The molecule has 0 unspecified atom stereocenters. The van der Waals surface area contributed by atoms with E-state index in [2.05, 4.69) is 5.32 Å². The van der Waals surface area contributed by atoms with Gasteiger partial charge in [0.05, 0.1) is 0 Å². The summed E-state index contributed by atoms with van der Waals surface area (Å²) < 4.78 is 27.1. The van der Waals surface area contributed by atoms with Crippen LogP contribution in [0.2, 0.25) is 0 Å². The second kappa shape index (κ2) is 7.91. The Labute approximate surface area is 150 Å². The predicted molar refractivity (Wildman–Crippen MR) is 95.1 cm³/mol. The molecule has 0 saturated carbocycles. The first kappa shape index (κ1) is 17.8. The maximum atomic E-state index is 13.6. The summed E-state index contributed by atoms with van der Waals surface area (Å²) in [4.78, 5) is 25.5. The number of carbonyl (C=O) groups excluding carboxylic acids is 2. The molecule has 134 valence electrons. The van der Waals surface area contributed by atoms with Crippen LogP contribution < -0.4 is 5.32 Å². The minimum Gasteiger partial charge on any atom is -0.338 e. The van der Waals surface area contributed by atoms with E-state index < -0.39 is 17.5 Å². The molecule has 1 aliphatic heterocycles. The molecule has 4 nitrogen and oxygen atoms in total. The lowest BCUT2D eigenvalue weighted by atomic mass is 10.1. The lowest BCUT2D eigenvalue weighted by Gasteiger charge is -2.16. The van der Waals surface area contributed by atoms with E-state index >= 15 is 0 Å². The number of likely N-dealkylation sites (tertiary alicyclic amines) is 1. The van der Waals surface area contributed by atoms with Gasteiger partial charge in [-0.25, -0.2) is 8.78 Å². The van der Waals surface area contributed by atoms with Gasteiger partial charge in [0.15, 0.2) is 0 Å². The molecule has 1 saturated heterocycles. The van der Waals surface area contributed by atoms with Gasteiger partial charge in [-0.3, -0.25) is 9.59 Å². The first-order chi connectivity index (χ1) is 12.5. The number of hydrogen-bond acceptors (Lipinski definition) is 2. The summed E-state index contributed by atoms with van der Waals surface area (Å²) >= 11 is 0. The highest BCUT2D eigenvalue weighted by atomic mass is 19.1. The van der Waals surface area contributed by atoms with Crippen molar-refractivity contribution in [1.29, 1.82) is 0 Å². The van der Waals surface area contributed by atoms with E-state index in [1.54, 1.807) is 23.1 Å². The number of nitrogens with zero attached hydrogens (tertiary/aromatic N) is 1. The SMILES string of the molecule is O=C(C=Cc1c(F)cccc1F)Nc1cccc(CN2CCCC2=O)c1. The molecule has 3 rings (SSSR count). The fourth-order valence-electron chi connectivity index (χ4n) is 2.85. The highest BCUT2D eigenvalue weighted by molar-refractivity contribution is 6.02. The molecule has 6 heteroatoms. The Kier molecular flexibility index (Phi) is 5.41. The van der Waals surface area contributed by atoms with E-state index in [0.717, 1.165) is 42.8 Å². The van der Waals surface area contributed by atoms with Gasteiger partial charge in [-0.2, -0.15) is 0 Å². The average molecular weight is 356 g/mol. The molecule has 0 aliphatic carbocycles. The highest BCUT2D eigenvalue weighted by Gasteiger charge is 2.19. The van der Waals surface area contributed by atoms with Gasteiger partial charge >= 0.3 is 0 Å². The van der Waals surface area contributed by atoms with E-state index in [-0.39, 0.29) is 11.5 Å². The summed E-state index contributed by atoms with van der Waals surface area (Å²) in [5, 5.41) is 2.65. The van der Waals surface area contributed by atoms with Crippen molar-refractivity contribution in [2.45, 2.75) is 19.4 Å². The standard InChI is InChI=1S/C20H18F2N2O2/c21-17-6-2-7-18(22)16(17)9-10-19(25)23-15-5-1-4-14(12-15)13-24-11-3-8-20(24)26/h1-2,4-7,9-10,12H,3,8,11,13H2,(H,23,25). The molecule has 0 aromatic heterocycles. The van der Waals surface area contributed by atoms with Crippen LogP contribution in [0.4, 0.5) is 14.5 Å². The van der Waals surface area contributed by atoms with Crippen LogP contribution in [0.25, 0.3) is 6.08 Å². The number of halogens is 2. The Morgan fingerprint density at radius 1 is 1.15 bits per heavy atom. The lowest BCUT2D eigenvalue weighted by molar-refractivity contribution is -0.128. The first-order valence-corrected chi connectivity index (χ1v) is 8.33. The molecular formula is C20H18F2N2O2. The quantitative estimate of drug-likeness (QED) is 0.830. The summed E-state index contributed by atoms with van der Waals surface area (Å²) in [6, 6.07) is 10.7. The molecule has 0 atom stereocenters. The molecule has 1 fully saturated rings. The van der Waals surface area contributed by atoms with Gasteiger partial charge in [0.25, 0.3) is 0 Å². The van der Waals surface area contributed by atoms with E-state index in [1.165, 1.54) is 6.07 Å². The maximum Gasteiger partial charge on any atom is 0.248 e. The van der Waals surface area contributed by atoms with Gasteiger partial charge in [0.1, 0.15) is 11.6 Å². The predicted octanol–water partition coefficient (Wildman–Crippen LogP) is 3.74. The molecule has 1 N–H and O–H groups in total. The summed E-state index contributed by atoms with van der Waals surface area (Å²) in [5.74, 6) is -1.83. The topological polar surface area (TPSA) is 49.4 Å². The monoisotopic (exact) mass is 356 g/mol. The number of carbonyl (C=O) groups is 2. The number of hydrogen-bond donors (Lipinski definition) is 1. The van der Waals surface area contributed by atoms with Crippen LogP contribution in [0.1, 0.15) is 24.0 Å². The summed E-state index contributed by atoms with van der Waals surface area (Å²) in [5.41, 5.74) is 1.20. The zero-order chi connectivity index (χ0) is 18.5. The van der Waals surface area contributed by atoms with E-state index in [9.17, 15) is 18.4 Å². The lowest BCUT2D eigenvalue weighted by Crippen LogP contribution is -2.23. The molecule has 1 aliphatic rings. The first-order valence-electron chi connectivity index (χ1n) is 8.33. The Hall–Kier alpha value is -3.02. The molecule has 0 spiro atoms. The zero-order valence-corrected chi connectivity index (χ0v) is 14.0. The number of nitrogens with one attached hydrogen (secondary N) is 1. The number of rotatable bonds is 5. The van der Waals surface area contributed by atoms with Crippen LogP contribution in [0.3, 0.4) is 0 Å². The van der Waals surface area contributed by atoms with Crippen molar-refractivity contribution in [2.24, 2.45) is 0 Å².